The number of benzene rings is 2. The van der Waals surface area contributed by atoms with Crippen LogP contribution in [0.5, 0.6) is 0 Å². The van der Waals surface area contributed by atoms with E-state index in [0.29, 0.717) is 0 Å². The minimum atomic E-state index is -0.171. The molecule has 0 aliphatic heterocycles. The molecule has 2 N–H and O–H groups in total. The molecule has 2 heterocycles. The van der Waals surface area contributed by atoms with E-state index < -0.39 is 0 Å². The Balaban J connectivity index is 1.53. The van der Waals surface area contributed by atoms with Gasteiger partial charge in [0.15, 0.2) is 0 Å². The van der Waals surface area contributed by atoms with Crippen molar-refractivity contribution in [1.29, 1.82) is 0 Å². The number of hydrogen-bond donors (Lipinski definition) is 2. The smallest absolute Gasteiger partial charge is 0.248 e. The van der Waals surface area contributed by atoms with Crippen molar-refractivity contribution in [1.82, 2.24) is 9.97 Å². The van der Waals surface area contributed by atoms with Gasteiger partial charge < -0.3 is 10.3 Å². The molecule has 4 aromatic rings. The first-order chi connectivity index (χ1) is 12.7. The molecular weight excluding hydrogens is 322 g/mol. The molecule has 1 amide bonds. The second kappa shape index (κ2) is 6.84. The van der Waals surface area contributed by atoms with Gasteiger partial charge in [-0.15, -0.1) is 0 Å². The van der Waals surface area contributed by atoms with E-state index in [1.54, 1.807) is 12.3 Å². The summed E-state index contributed by atoms with van der Waals surface area (Å²) in [7, 11) is 0. The number of anilines is 1. The van der Waals surface area contributed by atoms with Gasteiger partial charge in [-0.2, -0.15) is 0 Å². The Morgan fingerprint density at radius 3 is 2.69 bits per heavy atom. The Hall–Kier alpha value is -3.40. The third-order valence-corrected chi connectivity index (χ3v) is 4.45. The fourth-order valence-corrected chi connectivity index (χ4v) is 3.03. The molecule has 0 unspecified atom stereocenters. The molecule has 0 fully saturated rings. The Labute approximate surface area is 151 Å². The van der Waals surface area contributed by atoms with Gasteiger partial charge in [-0.1, -0.05) is 37.3 Å². The first-order valence-electron chi connectivity index (χ1n) is 8.67. The lowest BCUT2D eigenvalue weighted by Gasteiger charge is -2.03. The van der Waals surface area contributed by atoms with E-state index >= 15 is 0 Å². The molecule has 0 atom stereocenters. The van der Waals surface area contributed by atoms with Gasteiger partial charge in [0.25, 0.3) is 0 Å². The molecule has 128 valence electrons. The molecule has 0 spiro atoms. The highest BCUT2D eigenvalue weighted by Gasteiger charge is 2.05. The average Bonchev–Trinajstić information content (AvgIpc) is 3.05. The van der Waals surface area contributed by atoms with Crippen molar-refractivity contribution >= 4 is 39.5 Å². The first kappa shape index (κ1) is 16.1. The zero-order valence-electron chi connectivity index (χ0n) is 14.5. The lowest BCUT2D eigenvalue weighted by atomic mass is 10.1. The topological polar surface area (TPSA) is 57.8 Å². The predicted molar refractivity (Wildman–Crippen MR) is 107 cm³/mol. The standard InChI is InChI=1S/C22H19N3O/c1-2-15-7-9-16(10-8-15)24-22(26)12-11-17-13-19-18-5-3-4-6-20(18)25-21(19)14-23-17/h3-14,25H,2H2,1H3,(H,24,26)/b12-11+. The largest absolute Gasteiger partial charge is 0.353 e. The van der Waals surface area contributed by atoms with E-state index in [-0.39, 0.29) is 5.91 Å². The Kier molecular flexibility index (Phi) is 4.23. The van der Waals surface area contributed by atoms with Crippen LogP contribution in [0, 0.1) is 0 Å². The first-order valence-corrected chi connectivity index (χ1v) is 8.67. The molecule has 0 saturated carbocycles. The minimum absolute atomic E-state index is 0.171. The molecule has 0 aliphatic rings. The van der Waals surface area contributed by atoms with E-state index in [9.17, 15) is 4.79 Å². The number of carbonyl (C=O) groups excluding carboxylic acids is 1. The summed E-state index contributed by atoms with van der Waals surface area (Å²) in [6.45, 7) is 2.11. The molecule has 2 aromatic heterocycles. The lowest BCUT2D eigenvalue weighted by Crippen LogP contribution is -2.07. The van der Waals surface area contributed by atoms with Gasteiger partial charge in [-0.3, -0.25) is 9.78 Å². The van der Waals surface area contributed by atoms with E-state index in [2.05, 4.69) is 28.3 Å². The number of fused-ring (bicyclic) bond motifs is 3. The van der Waals surface area contributed by atoms with Crippen LogP contribution in [0.4, 0.5) is 5.69 Å². The number of nitrogens with zero attached hydrogens (tertiary/aromatic N) is 1. The molecule has 26 heavy (non-hydrogen) atoms. The van der Waals surface area contributed by atoms with Crippen molar-refractivity contribution in [3.8, 4) is 0 Å². The molecule has 0 radical (unpaired) electrons. The van der Waals surface area contributed by atoms with Gasteiger partial charge in [0.2, 0.25) is 5.91 Å². The second-order valence-electron chi connectivity index (χ2n) is 6.20. The van der Waals surface area contributed by atoms with Gasteiger partial charge in [0.05, 0.1) is 17.4 Å². The van der Waals surface area contributed by atoms with Gasteiger partial charge in [0, 0.05) is 28.1 Å². The number of H-pyrrole nitrogens is 1. The third kappa shape index (κ3) is 3.22. The van der Waals surface area contributed by atoms with Crippen LogP contribution in [-0.4, -0.2) is 15.9 Å². The third-order valence-electron chi connectivity index (χ3n) is 4.45. The number of rotatable bonds is 4. The van der Waals surface area contributed by atoms with Crippen LogP contribution < -0.4 is 5.32 Å². The SMILES string of the molecule is CCc1ccc(NC(=O)/C=C/c2cc3c(cn2)[nH]c2ccccc23)cc1. The van der Waals surface area contributed by atoms with Crippen molar-refractivity contribution in [3.63, 3.8) is 0 Å². The van der Waals surface area contributed by atoms with Crippen LogP contribution in [-0.2, 0) is 11.2 Å². The monoisotopic (exact) mass is 341 g/mol. The summed E-state index contributed by atoms with van der Waals surface area (Å²) in [5, 5.41) is 5.12. The predicted octanol–water partition coefficient (Wildman–Crippen LogP) is 4.93. The average molecular weight is 341 g/mol. The van der Waals surface area contributed by atoms with E-state index in [4.69, 9.17) is 0 Å². The maximum absolute atomic E-state index is 12.1. The lowest BCUT2D eigenvalue weighted by molar-refractivity contribution is -0.111. The number of amides is 1. The second-order valence-corrected chi connectivity index (χ2v) is 6.20. The van der Waals surface area contributed by atoms with Crippen molar-refractivity contribution in [3.05, 3.63) is 78.1 Å². The van der Waals surface area contributed by atoms with E-state index in [1.807, 2.05) is 48.5 Å². The van der Waals surface area contributed by atoms with Crippen LogP contribution in [0.15, 0.2) is 66.9 Å². The van der Waals surface area contributed by atoms with Crippen molar-refractivity contribution < 1.29 is 4.79 Å². The number of aromatic nitrogens is 2. The van der Waals surface area contributed by atoms with Gasteiger partial charge in [-0.25, -0.2) is 0 Å². The van der Waals surface area contributed by atoms with Gasteiger partial charge in [0.1, 0.15) is 0 Å². The number of aryl methyl sites for hydroxylation is 1. The van der Waals surface area contributed by atoms with E-state index in [1.165, 1.54) is 11.6 Å². The maximum Gasteiger partial charge on any atom is 0.248 e. The van der Waals surface area contributed by atoms with Crippen molar-refractivity contribution in [2.45, 2.75) is 13.3 Å². The van der Waals surface area contributed by atoms with Crippen LogP contribution in [0.2, 0.25) is 0 Å². The van der Waals surface area contributed by atoms with Crippen LogP contribution >= 0.6 is 0 Å². The molecule has 0 saturated heterocycles. The normalized spacial score (nSPS) is 11.4. The molecule has 4 nitrogen and oxygen atoms in total. The summed E-state index contributed by atoms with van der Waals surface area (Å²) < 4.78 is 0. The number of carbonyl (C=O) groups is 1. The zero-order chi connectivity index (χ0) is 17.9. The van der Waals surface area contributed by atoms with Crippen molar-refractivity contribution in [2.24, 2.45) is 0 Å². The van der Waals surface area contributed by atoms with Crippen molar-refractivity contribution in [2.75, 3.05) is 5.32 Å². The quantitative estimate of drug-likeness (QED) is 0.517. The summed E-state index contributed by atoms with van der Waals surface area (Å²) in [5.74, 6) is -0.171. The Morgan fingerprint density at radius 2 is 1.88 bits per heavy atom. The number of aromatic amines is 1. The number of pyridine rings is 1. The highest BCUT2D eigenvalue weighted by Crippen LogP contribution is 2.25. The van der Waals surface area contributed by atoms with Crippen LogP contribution in [0.25, 0.3) is 27.9 Å². The Morgan fingerprint density at radius 1 is 1.08 bits per heavy atom. The number of hydrogen-bond acceptors (Lipinski definition) is 2. The number of nitrogens with one attached hydrogen (secondary N) is 2. The summed E-state index contributed by atoms with van der Waals surface area (Å²) in [4.78, 5) is 19.9. The maximum atomic E-state index is 12.1. The summed E-state index contributed by atoms with van der Waals surface area (Å²) in [6.07, 6.45) is 6.03. The van der Waals surface area contributed by atoms with Gasteiger partial charge >= 0.3 is 0 Å². The van der Waals surface area contributed by atoms with Crippen LogP contribution in [0.3, 0.4) is 0 Å². The molecule has 0 bridgehead atoms. The minimum Gasteiger partial charge on any atom is -0.353 e. The van der Waals surface area contributed by atoms with Gasteiger partial charge in [-0.05, 0) is 42.3 Å². The molecule has 0 aliphatic carbocycles. The number of para-hydroxylation sites is 1. The molecule has 2 aromatic carbocycles. The fraction of sp³-hybridized carbons (Fsp3) is 0.0909. The van der Waals surface area contributed by atoms with E-state index in [0.717, 1.165) is 39.6 Å². The molecule has 4 rings (SSSR count). The molecular formula is C22H19N3O. The summed E-state index contributed by atoms with van der Waals surface area (Å²) in [6, 6.07) is 18.0. The summed E-state index contributed by atoms with van der Waals surface area (Å²) >= 11 is 0. The highest BCUT2D eigenvalue weighted by atomic mass is 16.1. The fourth-order valence-electron chi connectivity index (χ4n) is 3.03. The zero-order valence-corrected chi connectivity index (χ0v) is 14.5. The van der Waals surface area contributed by atoms with Crippen LogP contribution in [0.1, 0.15) is 18.2 Å². The molecule has 4 heteroatoms. The summed E-state index contributed by atoms with van der Waals surface area (Å²) in [5.41, 5.74) is 4.85. The highest BCUT2D eigenvalue weighted by molar-refractivity contribution is 6.07. The Bertz CT molecular complexity index is 1110.